The van der Waals surface area contributed by atoms with Gasteiger partial charge in [0.2, 0.25) is 5.88 Å². The van der Waals surface area contributed by atoms with Crippen molar-refractivity contribution in [3.8, 4) is 11.9 Å². The number of ether oxygens (including phenoxy) is 1. The zero-order chi connectivity index (χ0) is 10.6. The molecule has 0 amide bonds. The molecule has 0 saturated heterocycles. The lowest BCUT2D eigenvalue weighted by Crippen LogP contribution is -2.04. The summed E-state index contributed by atoms with van der Waals surface area (Å²) < 4.78 is 5.12. The van der Waals surface area contributed by atoms with Gasteiger partial charge in [0.15, 0.2) is 0 Å². The number of nitriles is 1. The van der Waals surface area contributed by atoms with Gasteiger partial charge in [-0.05, 0) is 6.92 Å². The lowest BCUT2D eigenvalue weighted by Gasteiger charge is -2.08. The summed E-state index contributed by atoms with van der Waals surface area (Å²) in [6.07, 6.45) is 1.06. The summed E-state index contributed by atoms with van der Waals surface area (Å²) in [6, 6.07) is 2.08. The fourth-order valence-electron chi connectivity index (χ4n) is 1.24. The van der Waals surface area contributed by atoms with Crippen molar-refractivity contribution in [3.05, 3.63) is 17.1 Å². The molecule has 1 heterocycles. The molecule has 0 aliphatic carbocycles. The number of hydrogen-bond donors (Lipinski definition) is 0. The maximum Gasteiger partial charge on any atom is 0.220 e. The first-order valence-corrected chi connectivity index (χ1v) is 4.50. The Hall–Kier alpha value is -1.63. The van der Waals surface area contributed by atoms with Crippen molar-refractivity contribution in [2.45, 2.75) is 26.7 Å². The summed E-state index contributed by atoms with van der Waals surface area (Å²) in [4.78, 5) is 8.48. The SMILES string of the molecule is CCc1nc(C)c(CC#N)c(OC)n1. The minimum atomic E-state index is 0.291. The first-order valence-electron chi connectivity index (χ1n) is 4.50. The molecule has 4 nitrogen and oxygen atoms in total. The fraction of sp³-hybridized carbons (Fsp3) is 0.500. The summed E-state index contributed by atoms with van der Waals surface area (Å²) in [5, 5.41) is 8.63. The van der Waals surface area contributed by atoms with Gasteiger partial charge in [0.05, 0.1) is 19.6 Å². The second-order valence-electron chi connectivity index (χ2n) is 2.90. The number of nitrogens with zero attached hydrogens (tertiary/aromatic N) is 3. The zero-order valence-corrected chi connectivity index (χ0v) is 8.66. The lowest BCUT2D eigenvalue weighted by atomic mass is 10.2. The molecular weight excluding hydrogens is 178 g/mol. The predicted molar refractivity (Wildman–Crippen MR) is 52.0 cm³/mol. The molecular formula is C10H13N3O. The maximum absolute atomic E-state index is 8.63. The lowest BCUT2D eigenvalue weighted by molar-refractivity contribution is 0.389. The molecule has 0 radical (unpaired) electrons. The summed E-state index contributed by atoms with van der Waals surface area (Å²) in [5.41, 5.74) is 1.61. The van der Waals surface area contributed by atoms with Gasteiger partial charge in [0.1, 0.15) is 5.82 Å². The quantitative estimate of drug-likeness (QED) is 0.725. The molecule has 1 aromatic rings. The van der Waals surface area contributed by atoms with E-state index < -0.39 is 0 Å². The van der Waals surface area contributed by atoms with Crippen molar-refractivity contribution >= 4 is 0 Å². The highest BCUT2D eigenvalue weighted by Gasteiger charge is 2.10. The van der Waals surface area contributed by atoms with E-state index in [0.717, 1.165) is 23.5 Å². The van der Waals surface area contributed by atoms with Crippen molar-refractivity contribution in [2.24, 2.45) is 0 Å². The first kappa shape index (κ1) is 10.5. The third kappa shape index (κ3) is 1.99. The summed E-state index contributed by atoms with van der Waals surface area (Å²) >= 11 is 0. The van der Waals surface area contributed by atoms with Crippen LogP contribution in [-0.4, -0.2) is 17.1 Å². The zero-order valence-electron chi connectivity index (χ0n) is 8.66. The molecule has 0 saturated carbocycles. The average molecular weight is 191 g/mol. The highest BCUT2D eigenvalue weighted by Crippen LogP contribution is 2.18. The largest absolute Gasteiger partial charge is 0.481 e. The predicted octanol–water partition coefficient (Wildman–Crippen LogP) is 1.42. The van der Waals surface area contributed by atoms with E-state index >= 15 is 0 Å². The van der Waals surface area contributed by atoms with Gasteiger partial charge in [-0.2, -0.15) is 10.2 Å². The van der Waals surface area contributed by atoms with Crippen LogP contribution in [0.25, 0.3) is 0 Å². The molecule has 0 fully saturated rings. The Balaban J connectivity index is 3.21. The van der Waals surface area contributed by atoms with Crippen LogP contribution in [0.5, 0.6) is 5.88 Å². The van der Waals surface area contributed by atoms with Gasteiger partial charge in [-0.1, -0.05) is 6.92 Å². The van der Waals surface area contributed by atoms with Gasteiger partial charge in [-0.25, -0.2) is 4.98 Å². The van der Waals surface area contributed by atoms with Crippen LogP contribution < -0.4 is 4.74 Å². The third-order valence-corrected chi connectivity index (χ3v) is 1.99. The fourth-order valence-corrected chi connectivity index (χ4v) is 1.24. The van der Waals surface area contributed by atoms with Crippen molar-refractivity contribution in [2.75, 3.05) is 7.11 Å². The van der Waals surface area contributed by atoms with Gasteiger partial charge in [-0.3, -0.25) is 0 Å². The van der Waals surface area contributed by atoms with E-state index in [1.54, 1.807) is 7.11 Å². The topological polar surface area (TPSA) is 58.8 Å². The Morgan fingerprint density at radius 3 is 2.64 bits per heavy atom. The van der Waals surface area contributed by atoms with Crippen LogP contribution in [0.2, 0.25) is 0 Å². The Labute approximate surface area is 83.6 Å². The first-order chi connectivity index (χ1) is 6.72. The molecule has 74 valence electrons. The summed E-state index contributed by atoms with van der Waals surface area (Å²) in [7, 11) is 1.56. The minimum Gasteiger partial charge on any atom is -0.481 e. The van der Waals surface area contributed by atoms with Crippen LogP contribution in [0.4, 0.5) is 0 Å². The van der Waals surface area contributed by atoms with Crippen molar-refractivity contribution in [3.63, 3.8) is 0 Å². The van der Waals surface area contributed by atoms with Crippen LogP contribution in [-0.2, 0) is 12.8 Å². The second-order valence-corrected chi connectivity index (χ2v) is 2.90. The van der Waals surface area contributed by atoms with Gasteiger partial charge < -0.3 is 4.74 Å². The Kier molecular flexibility index (Phi) is 3.41. The molecule has 1 rings (SSSR count). The molecule has 14 heavy (non-hydrogen) atoms. The monoisotopic (exact) mass is 191 g/mol. The van der Waals surface area contributed by atoms with Crippen LogP contribution >= 0.6 is 0 Å². The number of aromatic nitrogens is 2. The van der Waals surface area contributed by atoms with E-state index in [9.17, 15) is 0 Å². The summed E-state index contributed by atoms with van der Waals surface area (Å²) in [6.45, 7) is 3.86. The molecule has 4 heteroatoms. The number of hydrogen-bond acceptors (Lipinski definition) is 4. The number of rotatable bonds is 3. The van der Waals surface area contributed by atoms with Gasteiger partial charge in [0, 0.05) is 17.7 Å². The molecule has 1 aromatic heterocycles. The summed E-state index contributed by atoms with van der Waals surface area (Å²) in [5.74, 6) is 1.27. The molecule has 0 aliphatic heterocycles. The standard InChI is InChI=1S/C10H13N3O/c1-4-9-12-7(2)8(5-6-11)10(13-9)14-3/h4-5H2,1-3H3. The van der Waals surface area contributed by atoms with E-state index in [-0.39, 0.29) is 0 Å². The molecule has 0 atom stereocenters. The smallest absolute Gasteiger partial charge is 0.220 e. The molecule has 0 aromatic carbocycles. The van der Waals surface area contributed by atoms with Gasteiger partial charge >= 0.3 is 0 Å². The van der Waals surface area contributed by atoms with E-state index in [2.05, 4.69) is 16.0 Å². The molecule has 0 aliphatic rings. The maximum atomic E-state index is 8.63. The second kappa shape index (κ2) is 4.56. The molecule has 0 spiro atoms. The molecule has 0 unspecified atom stereocenters. The minimum absolute atomic E-state index is 0.291. The average Bonchev–Trinajstić information content (AvgIpc) is 2.20. The Bertz CT molecular complexity index is 368. The van der Waals surface area contributed by atoms with Gasteiger partial charge in [0.25, 0.3) is 0 Å². The van der Waals surface area contributed by atoms with Crippen molar-refractivity contribution in [1.82, 2.24) is 9.97 Å². The molecule has 0 N–H and O–H groups in total. The van der Waals surface area contributed by atoms with Crippen LogP contribution in [0.3, 0.4) is 0 Å². The van der Waals surface area contributed by atoms with Crippen LogP contribution in [0, 0.1) is 18.3 Å². The number of aryl methyl sites for hydroxylation is 2. The van der Waals surface area contributed by atoms with E-state index in [1.165, 1.54) is 0 Å². The Morgan fingerprint density at radius 2 is 2.14 bits per heavy atom. The van der Waals surface area contributed by atoms with Crippen LogP contribution in [0.1, 0.15) is 24.0 Å². The van der Waals surface area contributed by atoms with E-state index in [1.807, 2.05) is 13.8 Å². The van der Waals surface area contributed by atoms with E-state index in [0.29, 0.717) is 12.3 Å². The van der Waals surface area contributed by atoms with Crippen LogP contribution in [0.15, 0.2) is 0 Å². The third-order valence-electron chi connectivity index (χ3n) is 1.99. The molecule has 0 bridgehead atoms. The normalized spacial score (nSPS) is 9.57. The highest BCUT2D eigenvalue weighted by molar-refractivity contribution is 5.32. The Morgan fingerprint density at radius 1 is 1.43 bits per heavy atom. The van der Waals surface area contributed by atoms with E-state index in [4.69, 9.17) is 10.00 Å². The van der Waals surface area contributed by atoms with Gasteiger partial charge in [-0.15, -0.1) is 0 Å². The highest BCUT2D eigenvalue weighted by atomic mass is 16.5. The number of methoxy groups -OCH3 is 1. The van der Waals surface area contributed by atoms with Crippen molar-refractivity contribution < 1.29 is 4.74 Å². The van der Waals surface area contributed by atoms with Crippen molar-refractivity contribution in [1.29, 1.82) is 5.26 Å².